The maximum atomic E-state index is 11.3. The quantitative estimate of drug-likeness (QED) is 0.188. The largest absolute Gasteiger partial charge is 0.457 e. The van der Waals surface area contributed by atoms with E-state index in [4.69, 9.17) is 18.9 Å². The Labute approximate surface area is 160 Å². The number of carbonyl (C=O) groups is 1. The molecular formula is C16H28O12. The number of carbonyl (C=O) groups excluding carboxylic acids is 1. The van der Waals surface area contributed by atoms with Gasteiger partial charge in [0.1, 0.15) is 48.3 Å². The van der Waals surface area contributed by atoms with Gasteiger partial charge in [0.05, 0.1) is 33.0 Å². The van der Waals surface area contributed by atoms with Crippen molar-refractivity contribution in [1.82, 2.24) is 0 Å². The van der Waals surface area contributed by atoms with Gasteiger partial charge in [0.2, 0.25) is 0 Å². The molecule has 0 spiro atoms. The molecule has 2 fully saturated rings. The summed E-state index contributed by atoms with van der Waals surface area (Å²) in [5.41, 5.74) is -1.70. The molecule has 2 aliphatic rings. The molecule has 0 aromatic rings. The second-order valence-corrected chi connectivity index (χ2v) is 6.96. The fraction of sp³-hybridized carbons (Fsp3) is 0.938. The first kappa shape index (κ1) is 23.3. The van der Waals surface area contributed by atoms with Crippen molar-refractivity contribution in [3.63, 3.8) is 0 Å². The van der Waals surface area contributed by atoms with Gasteiger partial charge in [-0.25, -0.2) is 0 Å². The van der Waals surface area contributed by atoms with Crippen LogP contribution in [0.3, 0.4) is 0 Å². The molecule has 0 bridgehead atoms. The SMILES string of the molecule is CC(=O)OC1[C@@H](COC[C@]2(CO)O[C@H](CO)[C@H](O)C2O)OC(CO)[C@@H](O)[C@H]1O. The number of rotatable bonds is 8. The van der Waals surface area contributed by atoms with Gasteiger partial charge in [-0.15, -0.1) is 0 Å². The molecule has 0 aromatic heterocycles. The predicted molar refractivity (Wildman–Crippen MR) is 87.9 cm³/mol. The van der Waals surface area contributed by atoms with Gasteiger partial charge in [0.15, 0.2) is 6.10 Å². The zero-order valence-corrected chi connectivity index (χ0v) is 15.3. The van der Waals surface area contributed by atoms with Crippen molar-refractivity contribution in [2.75, 3.05) is 33.0 Å². The summed E-state index contributed by atoms with van der Waals surface area (Å²) in [5, 5.41) is 68.2. The molecule has 2 rings (SSSR count). The van der Waals surface area contributed by atoms with E-state index in [0.717, 1.165) is 6.92 Å². The smallest absolute Gasteiger partial charge is 0.303 e. The van der Waals surface area contributed by atoms with E-state index in [0.29, 0.717) is 0 Å². The van der Waals surface area contributed by atoms with Crippen LogP contribution in [-0.4, -0.2) is 129 Å². The fourth-order valence-electron chi connectivity index (χ4n) is 3.38. The second-order valence-electron chi connectivity index (χ2n) is 6.96. The van der Waals surface area contributed by atoms with E-state index < -0.39 is 86.8 Å². The fourth-order valence-corrected chi connectivity index (χ4v) is 3.38. The average Bonchev–Trinajstić information content (AvgIpc) is 2.92. The van der Waals surface area contributed by atoms with Gasteiger partial charge < -0.3 is 54.7 Å². The van der Waals surface area contributed by atoms with Gasteiger partial charge in [-0.3, -0.25) is 4.79 Å². The second kappa shape index (κ2) is 9.71. The topological polar surface area (TPSA) is 196 Å². The Hall–Kier alpha value is -0.930. The van der Waals surface area contributed by atoms with Crippen molar-refractivity contribution in [2.45, 2.75) is 61.4 Å². The highest BCUT2D eigenvalue weighted by atomic mass is 16.6. The zero-order chi connectivity index (χ0) is 21.1. The van der Waals surface area contributed by atoms with Gasteiger partial charge >= 0.3 is 5.97 Å². The molecule has 0 radical (unpaired) electrons. The number of hydrogen-bond acceptors (Lipinski definition) is 12. The molecule has 0 saturated carbocycles. The summed E-state index contributed by atoms with van der Waals surface area (Å²) in [6.45, 7) is -1.55. The van der Waals surface area contributed by atoms with Gasteiger partial charge in [-0.1, -0.05) is 0 Å². The Morgan fingerprint density at radius 1 is 0.964 bits per heavy atom. The van der Waals surface area contributed by atoms with E-state index >= 15 is 0 Å². The highest BCUT2D eigenvalue weighted by Crippen LogP contribution is 2.32. The lowest BCUT2D eigenvalue weighted by Gasteiger charge is -2.41. The third kappa shape index (κ3) is 4.62. The lowest BCUT2D eigenvalue weighted by Crippen LogP contribution is -2.61. The number of aliphatic hydroxyl groups is 7. The first-order valence-corrected chi connectivity index (χ1v) is 8.83. The standard InChI is InChI=1S/C16H28O12/c1-7(20)26-14-10(27-8(2-17)11(21)13(14)23)4-25-6-16(5-19)15(24)12(22)9(3-18)28-16/h8-15,17-19,21-24H,2-6H2,1H3/t8?,9-,10-,11-,12+,13-,14?,15?,16+/m1/s1. The molecule has 28 heavy (non-hydrogen) atoms. The Morgan fingerprint density at radius 3 is 2.11 bits per heavy atom. The van der Waals surface area contributed by atoms with E-state index in [2.05, 4.69) is 0 Å². The predicted octanol–water partition coefficient (Wildman–Crippen LogP) is -4.74. The van der Waals surface area contributed by atoms with Gasteiger partial charge in [-0.05, 0) is 0 Å². The van der Waals surface area contributed by atoms with E-state index in [1.165, 1.54) is 0 Å². The van der Waals surface area contributed by atoms with Crippen molar-refractivity contribution >= 4 is 5.97 Å². The molecule has 164 valence electrons. The first-order chi connectivity index (χ1) is 13.2. The van der Waals surface area contributed by atoms with Gasteiger partial charge in [-0.2, -0.15) is 0 Å². The highest BCUT2D eigenvalue weighted by Gasteiger charge is 2.54. The summed E-state index contributed by atoms with van der Waals surface area (Å²) in [4.78, 5) is 11.3. The third-order valence-electron chi connectivity index (χ3n) is 4.97. The maximum Gasteiger partial charge on any atom is 0.303 e. The number of aliphatic hydroxyl groups excluding tert-OH is 7. The molecule has 9 atom stereocenters. The van der Waals surface area contributed by atoms with Crippen LogP contribution in [0, 0.1) is 0 Å². The monoisotopic (exact) mass is 412 g/mol. The molecule has 2 heterocycles. The minimum absolute atomic E-state index is 0.323. The zero-order valence-electron chi connectivity index (χ0n) is 15.3. The van der Waals surface area contributed by atoms with Crippen LogP contribution in [0.1, 0.15) is 6.92 Å². The van der Waals surface area contributed by atoms with Crippen LogP contribution >= 0.6 is 0 Å². The number of ether oxygens (including phenoxy) is 4. The number of esters is 1. The molecule has 0 amide bonds. The Bertz CT molecular complexity index is 518. The molecule has 2 saturated heterocycles. The van der Waals surface area contributed by atoms with Crippen molar-refractivity contribution in [2.24, 2.45) is 0 Å². The van der Waals surface area contributed by atoms with Crippen molar-refractivity contribution in [3.05, 3.63) is 0 Å². The Kier molecular flexibility index (Phi) is 8.10. The summed E-state index contributed by atoms with van der Waals surface area (Å²) in [6, 6.07) is 0. The van der Waals surface area contributed by atoms with Crippen LogP contribution in [0.25, 0.3) is 0 Å². The Morgan fingerprint density at radius 2 is 1.61 bits per heavy atom. The van der Waals surface area contributed by atoms with Gasteiger partial charge in [0, 0.05) is 6.92 Å². The molecule has 12 nitrogen and oxygen atoms in total. The van der Waals surface area contributed by atoms with Crippen LogP contribution < -0.4 is 0 Å². The summed E-state index contributed by atoms with van der Waals surface area (Å²) < 4.78 is 21.2. The highest BCUT2D eigenvalue weighted by molar-refractivity contribution is 5.66. The number of hydrogen-bond donors (Lipinski definition) is 7. The first-order valence-electron chi connectivity index (χ1n) is 8.83. The molecule has 7 N–H and O–H groups in total. The molecule has 2 aliphatic heterocycles. The van der Waals surface area contributed by atoms with Crippen LogP contribution in [0.15, 0.2) is 0 Å². The van der Waals surface area contributed by atoms with Crippen LogP contribution in [0.4, 0.5) is 0 Å². The average molecular weight is 412 g/mol. The van der Waals surface area contributed by atoms with E-state index in [1.807, 2.05) is 0 Å². The van der Waals surface area contributed by atoms with E-state index in [1.54, 1.807) is 0 Å². The third-order valence-corrected chi connectivity index (χ3v) is 4.97. The van der Waals surface area contributed by atoms with Gasteiger partial charge in [0.25, 0.3) is 0 Å². The molecule has 0 aromatic carbocycles. The van der Waals surface area contributed by atoms with Crippen molar-refractivity contribution in [1.29, 1.82) is 0 Å². The summed E-state index contributed by atoms with van der Waals surface area (Å²) in [7, 11) is 0. The van der Waals surface area contributed by atoms with Crippen LogP contribution in [0.5, 0.6) is 0 Å². The Balaban J connectivity index is 2.04. The maximum absolute atomic E-state index is 11.3. The lowest BCUT2D eigenvalue weighted by molar-refractivity contribution is -0.250. The van der Waals surface area contributed by atoms with E-state index in [-0.39, 0.29) is 6.61 Å². The van der Waals surface area contributed by atoms with Crippen molar-refractivity contribution < 1.29 is 59.5 Å². The molecule has 12 heteroatoms. The lowest BCUT2D eigenvalue weighted by atomic mass is 9.94. The summed E-state index contributed by atoms with van der Waals surface area (Å²) in [5.74, 6) is -0.734. The van der Waals surface area contributed by atoms with Crippen LogP contribution in [0.2, 0.25) is 0 Å². The molecule has 0 aliphatic carbocycles. The van der Waals surface area contributed by atoms with Crippen LogP contribution in [-0.2, 0) is 23.7 Å². The molecular weight excluding hydrogens is 384 g/mol. The summed E-state index contributed by atoms with van der Waals surface area (Å²) in [6.07, 6.45) is -10.6. The molecule has 3 unspecified atom stereocenters. The minimum atomic E-state index is -1.70. The van der Waals surface area contributed by atoms with E-state index in [9.17, 15) is 40.5 Å². The minimum Gasteiger partial charge on any atom is -0.457 e. The van der Waals surface area contributed by atoms with Crippen molar-refractivity contribution in [3.8, 4) is 0 Å². The normalized spacial score (nSPS) is 43.9. The summed E-state index contributed by atoms with van der Waals surface area (Å²) >= 11 is 0.